The minimum absolute atomic E-state index is 0.0622. The molecule has 0 bridgehead atoms. The second kappa shape index (κ2) is 16.7. The van der Waals surface area contributed by atoms with Crippen LogP contribution in [-0.4, -0.2) is 129 Å². The van der Waals surface area contributed by atoms with E-state index in [1.165, 1.54) is 0 Å². The van der Waals surface area contributed by atoms with Crippen LogP contribution in [0.1, 0.15) is 45.4 Å². The van der Waals surface area contributed by atoms with Crippen LogP contribution in [0.15, 0.2) is 9.59 Å². The van der Waals surface area contributed by atoms with Crippen molar-refractivity contribution in [2.75, 3.05) is 31.9 Å². The van der Waals surface area contributed by atoms with Crippen molar-refractivity contribution in [3.05, 3.63) is 20.4 Å². The lowest BCUT2D eigenvalue weighted by molar-refractivity contribution is -0.359. The Bertz CT molecular complexity index is 1080. The molecule has 246 valence electrons. The summed E-state index contributed by atoms with van der Waals surface area (Å²) in [7, 11) is 0. The molecular formula is C26H42N2O15. The number of unbranched alkanes of at least 4 members (excludes halogenated alkanes) is 3. The van der Waals surface area contributed by atoms with Crippen LogP contribution in [0.2, 0.25) is 0 Å². The fourth-order valence-corrected chi connectivity index (χ4v) is 4.59. The summed E-state index contributed by atoms with van der Waals surface area (Å²) in [6.45, 7) is 0.912. The van der Waals surface area contributed by atoms with Gasteiger partial charge in [-0.05, 0) is 19.3 Å². The van der Waals surface area contributed by atoms with Gasteiger partial charge in [-0.3, -0.25) is 25.2 Å². The van der Waals surface area contributed by atoms with E-state index in [2.05, 4.69) is 10.9 Å². The number of aliphatic hydroxyl groups is 7. The molecule has 2 saturated heterocycles. The van der Waals surface area contributed by atoms with Crippen LogP contribution in [-0.2, 0) is 23.7 Å². The van der Waals surface area contributed by atoms with Gasteiger partial charge in [-0.1, -0.05) is 19.8 Å². The number of rotatable bonds is 17. The Morgan fingerprint density at radius 3 is 2.14 bits per heavy atom. The Labute approximate surface area is 246 Å². The van der Waals surface area contributed by atoms with E-state index in [9.17, 15) is 50.1 Å². The average molecular weight is 623 g/mol. The van der Waals surface area contributed by atoms with E-state index in [1.54, 1.807) is 0 Å². The summed E-state index contributed by atoms with van der Waals surface area (Å²) in [5.41, 5.74) is 3.20. The van der Waals surface area contributed by atoms with Gasteiger partial charge in [-0.15, -0.1) is 0 Å². The summed E-state index contributed by atoms with van der Waals surface area (Å²) >= 11 is 0. The number of hydrogen-bond donors (Lipinski definition) is 9. The predicted molar refractivity (Wildman–Crippen MR) is 144 cm³/mol. The number of carbonyl (C=O) groups is 1. The van der Waals surface area contributed by atoms with E-state index < -0.39 is 91.4 Å². The van der Waals surface area contributed by atoms with Gasteiger partial charge in [0.15, 0.2) is 24.0 Å². The normalized spacial score (nSPS) is 32.9. The third-order valence-electron chi connectivity index (χ3n) is 7.23. The van der Waals surface area contributed by atoms with Crippen molar-refractivity contribution in [3.8, 4) is 5.75 Å². The van der Waals surface area contributed by atoms with Gasteiger partial charge in [0.25, 0.3) is 10.9 Å². The molecule has 1 amide bonds. The second-order valence-corrected chi connectivity index (χ2v) is 10.4. The van der Waals surface area contributed by atoms with Gasteiger partial charge in [0.1, 0.15) is 48.8 Å². The molecule has 2 heterocycles. The van der Waals surface area contributed by atoms with Crippen molar-refractivity contribution in [1.82, 2.24) is 5.43 Å². The Kier molecular flexibility index (Phi) is 13.7. The minimum atomic E-state index is -1.77. The highest BCUT2D eigenvalue weighted by molar-refractivity contribution is 5.78. The number of ether oxygens (including phenoxy) is 5. The van der Waals surface area contributed by atoms with E-state index in [0.29, 0.717) is 25.7 Å². The van der Waals surface area contributed by atoms with Crippen molar-refractivity contribution in [2.24, 2.45) is 0 Å². The lowest BCUT2D eigenvalue weighted by atomic mass is 9.97. The summed E-state index contributed by atoms with van der Waals surface area (Å²) in [6.07, 6.45) is -12.3. The van der Waals surface area contributed by atoms with Gasteiger partial charge in [0, 0.05) is 13.0 Å². The van der Waals surface area contributed by atoms with Gasteiger partial charge in [-0.2, -0.15) is 0 Å². The summed E-state index contributed by atoms with van der Waals surface area (Å²) < 4.78 is 27.1. The fourth-order valence-electron chi connectivity index (χ4n) is 4.59. The predicted octanol–water partition coefficient (Wildman–Crippen LogP) is -3.89. The fraction of sp³-hybridized carbons (Fsp3) is 0.808. The molecule has 17 nitrogen and oxygen atoms in total. The average Bonchev–Trinajstić information content (AvgIpc) is 3.00. The minimum Gasteiger partial charge on any atom is -0.487 e. The number of anilines is 1. The molecule has 2 aliphatic rings. The molecule has 0 aromatic heterocycles. The molecule has 17 heteroatoms. The number of amides is 1. The van der Waals surface area contributed by atoms with Crippen LogP contribution >= 0.6 is 0 Å². The third kappa shape index (κ3) is 8.67. The van der Waals surface area contributed by atoms with Crippen LogP contribution in [0.4, 0.5) is 5.69 Å². The number of nitrogens with one attached hydrogen (secondary N) is 2. The van der Waals surface area contributed by atoms with Gasteiger partial charge in [-0.25, -0.2) is 0 Å². The molecule has 43 heavy (non-hydrogen) atoms. The molecule has 3 rings (SSSR count). The monoisotopic (exact) mass is 622 g/mol. The van der Waals surface area contributed by atoms with Crippen LogP contribution in [0.3, 0.4) is 0 Å². The maximum Gasteiger partial charge on any atom is 0.272 e. The highest BCUT2D eigenvalue weighted by Gasteiger charge is 2.50. The van der Waals surface area contributed by atoms with Gasteiger partial charge in [0.2, 0.25) is 5.91 Å². The molecule has 0 spiro atoms. The molecule has 1 aromatic rings. The molecule has 0 radical (unpaired) electrons. The molecular weight excluding hydrogens is 580 g/mol. The van der Waals surface area contributed by atoms with Crippen molar-refractivity contribution in [2.45, 2.75) is 107 Å². The Hall–Kier alpha value is -2.29. The Morgan fingerprint density at radius 2 is 1.47 bits per heavy atom. The Balaban J connectivity index is 1.37. The summed E-state index contributed by atoms with van der Waals surface area (Å²) in [5.74, 6) is -0.512. The third-order valence-corrected chi connectivity index (χ3v) is 7.23. The molecule has 0 saturated carbocycles. The first-order chi connectivity index (χ1) is 20.5. The first kappa shape index (κ1) is 35.2. The maximum atomic E-state index is 12.1. The maximum absolute atomic E-state index is 12.1. The largest absolute Gasteiger partial charge is 0.487 e. The van der Waals surface area contributed by atoms with Crippen molar-refractivity contribution in [1.29, 1.82) is 0 Å². The second-order valence-electron chi connectivity index (χ2n) is 10.4. The molecule has 9 N–H and O–H groups in total. The summed E-state index contributed by atoms with van der Waals surface area (Å²) in [5, 5.41) is 70.3. The molecule has 2 fully saturated rings. The van der Waals surface area contributed by atoms with Crippen LogP contribution in [0, 0.1) is 0 Å². The van der Waals surface area contributed by atoms with Gasteiger partial charge < -0.3 is 59.4 Å². The number of hydrazine groups is 1. The summed E-state index contributed by atoms with van der Waals surface area (Å²) in [6, 6.07) is 0. The molecule has 0 unspecified atom stereocenters. The van der Waals surface area contributed by atoms with Gasteiger partial charge >= 0.3 is 0 Å². The number of carbonyl (C=O) groups excluding carboxylic acids is 1. The molecule has 1 aromatic carbocycles. The lowest BCUT2D eigenvalue weighted by Crippen LogP contribution is -2.64. The highest BCUT2D eigenvalue weighted by Crippen LogP contribution is 2.29. The first-order valence-corrected chi connectivity index (χ1v) is 14.3. The van der Waals surface area contributed by atoms with Crippen molar-refractivity contribution >= 4 is 11.6 Å². The highest BCUT2D eigenvalue weighted by atomic mass is 16.7. The molecule has 10 atom stereocenters. The van der Waals surface area contributed by atoms with Crippen LogP contribution in [0.5, 0.6) is 5.75 Å². The molecule has 2 aliphatic heterocycles. The van der Waals surface area contributed by atoms with E-state index in [4.69, 9.17) is 23.7 Å². The van der Waals surface area contributed by atoms with E-state index in [1.807, 2.05) is 6.92 Å². The smallest absolute Gasteiger partial charge is 0.272 e. The topological polar surface area (TPSA) is 263 Å². The zero-order valence-electron chi connectivity index (χ0n) is 23.7. The van der Waals surface area contributed by atoms with Gasteiger partial charge in [0.05, 0.1) is 19.8 Å². The van der Waals surface area contributed by atoms with Crippen LogP contribution in [0.25, 0.3) is 0 Å². The number of hydrogen-bond acceptors (Lipinski definition) is 16. The van der Waals surface area contributed by atoms with E-state index in [0.717, 1.165) is 6.42 Å². The van der Waals surface area contributed by atoms with Crippen LogP contribution < -0.4 is 26.4 Å². The van der Waals surface area contributed by atoms with Crippen molar-refractivity contribution < 1.29 is 64.2 Å². The first-order valence-electron chi connectivity index (χ1n) is 14.3. The zero-order valence-corrected chi connectivity index (χ0v) is 23.7. The van der Waals surface area contributed by atoms with E-state index in [-0.39, 0.29) is 31.1 Å². The van der Waals surface area contributed by atoms with E-state index >= 15 is 0 Å². The SMILES string of the molecule is CCCCOc1c(NNC(=O)CCCCCO[C@@H]2O[C@H](CO)[C@@H](O[C@@H]3O[C@H](CO)[C@H](O)[C@H](O)[C@H]3O)[C@H](O)[C@H]2O)c(=O)c1=O. The number of aliphatic hydroxyl groups excluding tert-OH is 7. The quantitative estimate of drug-likeness (QED) is 0.0457. The summed E-state index contributed by atoms with van der Waals surface area (Å²) in [4.78, 5) is 35.4. The Morgan fingerprint density at radius 1 is 0.791 bits per heavy atom. The molecule has 0 aliphatic carbocycles. The lowest BCUT2D eigenvalue weighted by Gasteiger charge is -2.45. The standard InChI is InChI=1S/C26H42N2O15/c1-2-3-8-39-24-15(17(33)19(24)35)28-27-14(31)7-5-4-6-9-40-25-22(38)20(36)23(13(11-30)42-25)43-26-21(37)18(34)16(32)12(10-29)41-26/h12-13,16,18,20-23,25-26,28-30,32,34,36-38H,2-11H2,1H3,(H,27,31)/t12-,13-,16+,18+,20-,21-,22-,23-,25-,26+/m1/s1. The van der Waals surface area contributed by atoms with Crippen molar-refractivity contribution in [3.63, 3.8) is 0 Å². The zero-order chi connectivity index (χ0) is 31.7.